The van der Waals surface area contributed by atoms with Crippen LogP contribution >= 0.6 is 44.5 Å². The van der Waals surface area contributed by atoms with Gasteiger partial charge in [0.05, 0.1) is 0 Å². The number of pyridine rings is 1. The number of hydrogen-bond acceptors (Lipinski definition) is 3. The highest BCUT2D eigenvalue weighted by molar-refractivity contribution is 9.11. The van der Waals surface area contributed by atoms with Crippen molar-refractivity contribution in [1.29, 1.82) is 0 Å². The first kappa shape index (κ1) is 12.4. The van der Waals surface area contributed by atoms with Crippen LogP contribution in [0.15, 0.2) is 21.3 Å². The molecular formula is C10H10Br2N2OS. The molecule has 0 N–H and O–H groups in total. The average molecular weight is 366 g/mol. The maximum absolute atomic E-state index is 11.8. The van der Waals surface area contributed by atoms with Gasteiger partial charge in [-0.05, 0) is 55.7 Å². The number of rotatable bonds is 2. The van der Waals surface area contributed by atoms with E-state index in [1.165, 1.54) is 0 Å². The predicted octanol–water partition coefficient (Wildman–Crippen LogP) is 2.89. The van der Waals surface area contributed by atoms with Crippen molar-refractivity contribution in [3.05, 3.63) is 21.3 Å². The van der Waals surface area contributed by atoms with Crippen LogP contribution in [0.25, 0.3) is 0 Å². The monoisotopic (exact) mass is 364 g/mol. The van der Waals surface area contributed by atoms with E-state index < -0.39 is 0 Å². The van der Waals surface area contributed by atoms with E-state index in [0.29, 0.717) is 12.3 Å². The predicted molar refractivity (Wildman–Crippen MR) is 74.0 cm³/mol. The zero-order chi connectivity index (χ0) is 11.7. The third kappa shape index (κ3) is 2.60. The molecule has 1 aromatic heterocycles. The minimum Gasteiger partial charge on any atom is -0.312 e. The Labute approximate surface area is 116 Å². The fourth-order valence-corrected chi connectivity index (χ4v) is 3.10. The number of anilines is 1. The summed E-state index contributed by atoms with van der Waals surface area (Å²) in [4.78, 5) is 17.7. The summed E-state index contributed by atoms with van der Waals surface area (Å²) in [6.45, 7) is 0.741. The van der Waals surface area contributed by atoms with E-state index in [-0.39, 0.29) is 5.91 Å². The highest BCUT2D eigenvalue weighted by atomic mass is 79.9. The molecule has 16 heavy (non-hydrogen) atoms. The lowest BCUT2D eigenvalue weighted by Gasteiger charge is -2.16. The van der Waals surface area contributed by atoms with Crippen LogP contribution in [0.1, 0.15) is 6.42 Å². The lowest BCUT2D eigenvalue weighted by atomic mass is 10.1. The molecule has 0 aromatic carbocycles. The number of aromatic nitrogens is 1. The molecule has 1 fully saturated rings. The van der Waals surface area contributed by atoms with Gasteiger partial charge in [-0.3, -0.25) is 4.79 Å². The molecule has 0 aliphatic carbocycles. The van der Waals surface area contributed by atoms with E-state index in [1.54, 1.807) is 4.90 Å². The molecule has 86 valence electrons. The quantitative estimate of drug-likeness (QED) is 0.645. The second-order valence-corrected chi connectivity index (χ2v) is 5.72. The van der Waals surface area contributed by atoms with E-state index in [9.17, 15) is 4.79 Å². The molecule has 0 spiro atoms. The molecule has 1 amide bonds. The van der Waals surface area contributed by atoms with Crippen molar-refractivity contribution in [2.45, 2.75) is 6.42 Å². The number of halogens is 2. The molecule has 2 rings (SSSR count). The van der Waals surface area contributed by atoms with Gasteiger partial charge in [-0.2, -0.15) is 12.6 Å². The van der Waals surface area contributed by atoms with Crippen LogP contribution in [0.4, 0.5) is 5.69 Å². The summed E-state index contributed by atoms with van der Waals surface area (Å²) in [7, 11) is 0. The van der Waals surface area contributed by atoms with E-state index in [0.717, 1.165) is 27.2 Å². The van der Waals surface area contributed by atoms with Gasteiger partial charge < -0.3 is 4.90 Å². The summed E-state index contributed by atoms with van der Waals surface area (Å²) < 4.78 is 1.44. The van der Waals surface area contributed by atoms with Crippen molar-refractivity contribution in [3.63, 3.8) is 0 Å². The lowest BCUT2D eigenvalue weighted by molar-refractivity contribution is -0.117. The first-order chi connectivity index (χ1) is 7.60. The smallest absolute Gasteiger partial charge is 0.227 e. The van der Waals surface area contributed by atoms with E-state index >= 15 is 0 Å². The molecule has 3 nitrogen and oxygen atoms in total. The fraction of sp³-hybridized carbons (Fsp3) is 0.400. The second kappa shape index (κ2) is 5.06. The van der Waals surface area contributed by atoms with Crippen molar-refractivity contribution >= 4 is 56.1 Å². The summed E-state index contributed by atoms with van der Waals surface area (Å²) >= 11 is 10.9. The number of nitrogens with zero attached hydrogens (tertiary/aromatic N) is 2. The van der Waals surface area contributed by atoms with Crippen LogP contribution < -0.4 is 4.90 Å². The first-order valence-electron chi connectivity index (χ1n) is 4.84. The zero-order valence-corrected chi connectivity index (χ0v) is 12.4. The fourth-order valence-electron chi connectivity index (χ4n) is 1.76. The Morgan fingerprint density at radius 1 is 1.44 bits per heavy atom. The van der Waals surface area contributed by atoms with Gasteiger partial charge in [0.25, 0.3) is 0 Å². The summed E-state index contributed by atoms with van der Waals surface area (Å²) in [6, 6.07) is 3.70. The van der Waals surface area contributed by atoms with Crippen LogP contribution in [0.2, 0.25) is 0 Å². The van der Waals surface area contributed by atoms with Crippen molar-refractivity contribution in [2.75, 3.05) is 17.2 Å². The number of thiol groups is 1. The Morgan fingerprint density at radius 2 is 2.06 bits per heavy atom. The third-order valence-electron chi connectivity index (χ3n) is 2.52. The summed E-state index contributed by atoms with van der Waals surface area (Å²) in [5.74, 6) is 1.25. The van der Waals surface area contributed by atoms with Gasteiger partial charge >= 0.3 is 0 Å². The molecule has 1 unspecified atom stereocenters. The van der Waals surface area contributed by atoms with Crippen LogP contribution in [-0.4, -0.2) is 23.2 Å². The highest BCUT2D eigenvalue weighted by Gasteiger charge is 2.29. The Balaban J connectivity index is 2.27. The first-order valence-corrected chi connectivity index (χ1v) is 7.06. The number of carbonyl (C=O) groups is 1. The molecule has 6 heteroatoms. The summed E-state index contributed by atoms with van der Waals surface area (Å²) in [5, 5.41) is 0. The van der Waals surface area contributed by atoms with E-state index in [2.05, 4.69) is 49.5 Å². The van der Waals surface area contributed by atoms with Gasteiger partial charge in [0, 0.05) is 18.7 Å². The molecule has 0 bridgehead atoms. The topological polar surface area (TPSA) is 33.2 Å². The standard InChI is InChI=1S/C10H10Br2N2OS/c11-8-2-7(3-9(12)13-8)14-4-6(5-16)1-10(14)15/h2-3,6,16H,1,4-5H2. The average Bonchev–Trinajstić information content (AvgIpc) is 2.58. The molecule has 1 saturated heterocycles. The van der Waals surface area contributed by atoms with Crippen molar-refractivity contribution in [1.82, 2.24) is 4.98 Å². The number of carbonyl (C=O) groups excluding carboxylic acids is 1. The van der Waals surface area contributed by atoms with Crippen molar-refractivity contribution < 1.29 is 4.79 Å². The number of hydrogen-bond donors (Lipinski definition) is 1. The van der Waals surface area contributed by atoms with Crippen LogP contribution in [0.3, 0.4) is 0 Å². The Hall–Kier alpha value is -0.0700. The molecule has 0 saturated carbocycles. The van der Waals surface area contributed by atoms with Crippen molar-refractivity contribution in [2.24, 2.45) is 5.92 Å². The lowest BCUT2D eigenvalue weighted by Crippen LogP contribution is -2.24. The summed E-state index contributed by atoms with van der Waals surface area (Å²) in [6.07, 6.45) is 0.584. The zero-order valence-electron chi connectivity index (χ0n) is 8.36. The minimum absolute atomic E-state index is 0.157. The molecular weight excluding hydrogens is 356 g/mol. The van der Waals surface area contributed by atoms with Crippen LogP contribution in [0.5, 0.6) is 0 Å². The number of amides is 1. The SMILES string of the molecule is O=C1CC(CS)CN1c1cc(Br)nc(Br)c1. The molecule has 0 radical (unpaired) electrons. The normalized spacial score (nSPS) is 20.6. The Kier molecular flexibility index (Phi) is 3.92. The minimum atomic E-state index is 0.157. The molecule has 1 atom stereocenters. The van der Waals surface area contributed by atoms with Gasteiger partial charge in [0.1, 0.15) is 9.21 Å². The maximum Gasteiger partial charge on any atom is 0.227 e. The van der Waals surface area contributed by atoms with Gasteiger partial charge in [-0.1, -0.05) is 0 Å². The van der Waals surface area contributed by atoms with Gasteiger partial charge in [0.15, 0.2) is 0 Å². The molecule has 2 heterocycles. The molecule has 1 aliphatic rings. The van der Waals surface area contributed by atoms with Crippen LogP contribution in [-0.2, 0) is 4.79 Å². The Morgan fingerprint density at radius 3 is 2.56 bits per heavy atom. The van der Waals surface area contributed by atoms with Crippen molar-refractivity contribution in [3.8, 4) is 0 Å². The molecule has 1 aliphatic heterocycles. The van der Waals surface area contributed by atoms with Gasteiger partial charge in [-0.15, -0.1) is 0 Å². The van der Waals surface area contributed by atoms with E-state index in [1.807, 2.05) is 12.1 Å². The highest BCUT2D eigenvalue weighted by Crippen LogP contribution is 2.29. The van der Waals surface area contributed by atoms with Crippen LogP contribution in [0, 0.1) is 5.92 Å². The van der Waals surface area contributed by atoms with Gasteiger partial charge in [-0.25, -0.2) is 4.98 Å². The second-order valence-electron chi connectivity index (χ2n) is 3.73. The summed E-state index contributed by atoms with van der Waals surface area (Å²) in [5.41, 5.74) is 0.878. The van der Waals surface area contributed by atoms with Gasteiger partial charge in [0.2, 0.25) is 5.91 Å². The largest absolute Gasteiger partial charge is 0.312 e. The third-order valence-corrected chi connectivity index (χ3v) is 3.85. The molecule has 1 aromatic rings. The van der Waals surface area contributed by atoms with E-state index in [4.69, 9.17) is 0 Å². The Bertz CT molecular complexity index is 407. The maximum atomic E-state index is 11.8.